The fourth-order valence-corrected chi connectivity index (χ4v) is 2.79. The second kappa shape index (κ2) is 8.10. The number of benzene rings is 1. The molecular weight excluding hydrogens is 282 g/mol. The lowest BCUT2D eigenvalue weighted by molar-refractivity contribution is -0.119. The Kier molecular flexibility index (Phi) is 6.14. The van der Waals surface area contributed by atoms with Gasteiger partial charge in [-0.3, -0.25) is 9.69 Å². The van der Waals surface area contributed by atoms with Gasteiger partial charge in [0.2, 0.25) is 5.91 Å². The standard InChI is InChI=1S/C16H23N3OS/c1-2-15(20)18-16(21)17-14-8-10-19(11-9-14)12-13-6-4-3-5-7-13/h3-7,14H,2,8-12H2,1H3,(H2,17,18,20,21). The second-order valence-electron chi connectivity index (χ2n) is 5.41. The molecule has 1 saturated heterocycles. The summed E-state index contributed by atoms with van der Waals surface area (Å²) in [4.78, 5) is 13.7. The number of hydrogen-bond donors (Lipinski definition) is 2. The largest absolute Gasteiger partial charge is 0.360 e. The first-order valence-corrected chi connectivity index (χ1v) is 7.95. The van der Waals surface area contributed by atoms with Crippen molar-refractivity contribution >= 4 is 23.2 Å². The topological polar surface area (TPSA) is 44.4 Å². The van der Waals surface area contributed by atoms with Crippen molar-refractivity contribution in [3.8, 4) is 0 Å². The molecule has 0 atom stereocenters. The first-order valence-electron chi connectivity index (χ1n) is 7.54. The summed E-state index contributed by atoms with van der Waals surface area (Å²) in [6, 6.07) is 10.9. The molecule has 4 nitrogen and oxygen atoms in total. The predicted molar refractivity (Wildman–Crippen MR) is 88.9 cm³/mol. The third kappa shape index (κ3) is 5.44. The van der Waals surface area contributed by atoms with E-state index in [-0.39, 0.29) is 5.91 Å². The summed E-state index contributed by atoms with van der Waals surface area (Å²) < 4.78 is 0. The highest BCUT2D eigenvalue weighted by molar-refractivity contribution is 7.80. The number of thiocarbonyl (C=S) groups is 1. The Labute approximate surface area is 131 Å². The van der Waals surface area contributed by atoms with E-state index in [9.17, 15) is 4.79 Å². The molecule has 1 aromatic rings. The van der Waals surface area contributed by atoms with Gasteiger partial charge in [-0.15, -0.1) is 0 Å². The van der Waals surface area contributed by atoms with Gasteiger partial charge >= 0.3 is 0 Å². The van der Waals surface area contributed by atoms with Gasteiger partial charge in [-0.2, -0.15) is 0 Å². The van der Waals surface area contributed by atoms with Crippen molar-refractivity contribution in [1.82, 2.24) is 15.5 Å². The maximum absolute atomic E-state index is 11.3. The summed E-state index contributed by atoms with van der Waals surface area (Å²) in [7, 11) is 0. The number of nitrogens with one attached hydrogen (secondary N) is 2. The maximum atomic E-state index is 11.3. The van der Waals surface area contributed by atoms with Crippen LogP contribution in [0.15, 0.2) is 30.3 Å². The fourth-order valence-electron chi connectivity index (χ4n) is 2.51. The molecule has 1 heterocycles. The summed E-state index contributed by atoms with van der Waals surface area (Å²) in [6.07, 6.45) is 2.56. The molecule has 0 saturated carbocycles. The lowest BCUT2D eigenvalue weighted by Gasteiger charge is -2.32. The van der Waals surface area contributed by atoms with Gasteiger partial charge in [-0.1, -0.05) is 37.3 Å². The first kappa shape index (κ1) is 15.9. The highest BCUT2D eigenvalue weighted by atomic mass is 32.1. The molecule has 0 bridgehead atoms. The number of likely N-dealkylation sites (tertiary alicyclic amines) is 1. The summed E-state index contributed by atoms with van der Waals surface area (Å²) in [5.74, 6) is -0.0333. The average molecular weight is 305 g/mol. The molecule has 0 radical (unpaired) electrons. The fraction of sp³-hybridized carbons (Fsp3) is 0.500. The smallest absolute Gasteiger partial charge is 0.225 e. The van der Waals surface area contributed by atoms with Gasteiger partial charge in [0.15, 0.2) is 5.11 Å². The van der Waals surface area contributed by atoms with Crippen LogP contribution in [0.4, 0.5) is 0 Å². The summed E-state index contributed by atoms with van der Waals surface area (Å²) in [5, 5.41) is 6.40. The van der Waals surface area contributed by atoms with E-state index in [2.05, 4.69) is 39.8 Å². The Morgan fingerprint density at radius 3 is 2.57 bits per heavy atom. The lowest BCUT2D eigenvalue weighted by Crippen LogP contribution is -2.48. The zero-order valence-electron chi connectivity index (χ0n) is 12.5. The zero-order chi connectivity index (χ0) is 15.1. The van der Waals surface area contributed by atoms with Crippen molar-refractivity contribution in [3.63, 3.8) is 0 Å². The Balaban J connectivity index is 1.71. The molecule has 5 heteroatoms. The van der Waals surface area contributed by atoms with Gasteiger partial charge in [-0.25, -0.2) is 0 Å². The van der Waals surface area contributed by atoms with Crippen LogP contribution in [-0.4, -0.2) is 35.1 Å². The number of carbonyl (C=O) groups is 1. The van der Waals surface area contributed by atoms with Crippen LogP contribution < -0.4 is 10.6 Å². The number of rotatable bonds is 4. The van der Waals surface area contributed by atoms with Gasteiger partial charge in [0.1, 0.15) is 0 Å². The minimum atomic E-state index is -0.0333. The molecule has 1 aromatic carbocycles. The van der Waals surface area contributed by atoms with Crippen LogP contribution in [0.5, 0.6) is 0 Å². The Hall–Kier alpha value is -1.46. The van der Waals surface area contributed by atoms with Crippen LogP contribution in [0.2, 0.25) is 0 Å². The number of piperidine rings is 1. The minimum absolute atomic E-state index is 0.0333. The third-order valence-electron chi connectivity index (χ3n) is 3.75. The Morgan fingerprint density at radius 1 is 1.29 bits per heavy atom. The number of nitrogens with zero attached hydrogens (tertiary/aromatic N) is 1. The van der Waals surface area contributed by atoms with E-state index < -0.39 is 0 Å². The molecule has 2 rings (SSSR count). The van der Waals surface area contributed by atoms with E-state index in [0.29, 0.717) is 17.6 Å². The van der Waals surface area contributed by atoms with Gasteiger partial charge in [0.25, 0.3) is 0 Å². The van der Waals surface area contributed by atoms with E-state index in [1.54, 1.807) is 0 Å². The van der Waals surface area contributed by atoms with Crippen molar-refractivity contribution in [2.75, 3.05) is 13.1 Å². The molecule has 0 aliphatic carbocycles. The Bertz CT molecular complexity index is 470. The molecular formula is C16H23N3OS. The van der Waals surface area contributed by atoms with Crippen molar-refractivity contribution < 1.29 is 4.79 Å². The molecule has 1 aliphatic rings. The van der Waals surface area contributed by atoms with E-state index in [1.807, 2.05) is 13.0 Å². The quantitative estimate of drug-likeness (QED) is 0.836. The second-order valence-corrected chi connectivity index (χ2v) is 5.82. The predicted octanol–water partition coefficient (Wildman–Crippen LogP) is 2.05. The molecule has 2 N–H and O–H groups in total. The summed E-state index contributed by atoms with van der Waals surface area (Å²) >= 11 is 5.16. The monoisotopic (exact) mass is 305 g/mol. The third-order valence-corrected chi connectivity index (χ3v) is 3.97. The average Bonchev–Trinajstić information content (AvgIpc) is 2.50. The van der Waals surface area contributed by atoms with Crippen LogP contribution in [0.3, 0.4) is 0 Å². The van der Waals surface area contributed by atoms with E-state index in [0.717, 1.165) is 32.5 Å². The number of carbonyl (C=O) groups excluding carboxylic acids is 1. The lowest BCUT2D eigenvalue weighted by atomic mass is 10.0. The van der Waals surface area contributed by atoms with Crippen molar-refractivity contribution in [3.05, 3.63) is 35.9 Å². The number of hydrogen-bond acceptors (Lipinski definition) is 3. The van der Waals surface area contributed by atoms with Crippen LogP contribution >= 0.6 is 12.2 Å². The van der Waals surface area contributed by atoms with Crippen LogP contribution in [0.25, 0.3) is 0 Å². The van der Waals surface area contributed by atoms with Gasteiger partial charge in [0.05, 0.1) is 0 Å². The Morgan fingerprint density at radius 2 is 1.95 bits per heavy atom. The highest BCUT2D eigenvalue weighted by Crippen LogP contribution is 2.13. The molecule has 0 spiro atoms. The molecule has 1 fully saturated rings. The molecule has 0 aromatic heterocycles. The maximum Gasteiger partial charge on any atom is 0.225 e. The van der Waals surface area contributed by atoms with Crippen LogP contribution in [-0.2, 0) is 11.3 Å². The SMILES string of the molecule is CCC(=O)NC(=S)NC1CCN(Cc2ccccc2)CC1. The van der Waals surface area contributed by atoms with E-state index in [1.165, 1.54) is 5.56 Å². The van der Waals surface area contributed by atoms with Crippen molar-refractivity contribution in [2.24, 2.45) is 0 Å². The number of amides is 1. The first-order chi connectivity index (χ1) is 10.2. The molecule has 114 valence electrons. The molecule has 1 amide bonds. The van der Waals surface area contributed by atoms with Crippen molar-refractivity contribution in [2.45, 2.75) is 38.8 Å². The molecule has 0 unspecified atom stereocenters. The zero-order valence-corrected chi connectivity index (χ0v) is 13.3. The molecule has 21 heavy (non-hydrogen) atoms. The van der Waals surface area contributed by atoms with E-state index in [4.69, 9.17) is 12.2 Å². The van der Waals surface area contributed by atoms with Crippen LogP contribution in [0.1, 0.15) is 31.7 Å². The summed E-state index contributed by atoms with van der Waals surface area (Å²) in [6.45, 7) is 4.93. The molecule has 1 aliphatic heterocycles. The van der Waals surface area contributed by atoms with Crippen molar-refractivity contribution in [1.29, 1.82) is 0 Å². The van der Waals surface area contributed by atoms with Gasteiger partial charge in [-0.05, 0) is 30.6 Å². The minimum Gasteiger partial charge on any atom is -0.360 e. The normalized spacial score (nSPS) is 16.4. The summed E-state index contributed by atoms with van der Waals surface area (Å²) in [5.41, 5.74) is 1.36. The van der Waals surface area contributed by atoms with Gasteiger partial charge in [0, 0.05) is 32.1 Å². The van der Waals surface area contributed by atoms with Crippen LogP contribution in [0, 0.1) is 0 Å². The van der Waals surface area contributed by atoms with Gasteiger partial charge < -0.3 is 10.6 Å². The van der Waals surface area contributed by atoms with E-state index >= 15 is 0 Å². The highest BCUT2D eigenvalue weighted by Gasteiger charge is 2.19.